The van der Waals surface area contributed by atoms with Crippen molar-refractivity contribution >= 4 is 5.82 Å². The van der Waals surface area contributed by atoms with E-state index in [0.717, 1.165) is 13.1 Å². The first-order valence-electron chi connectivity index (χ1n) is 7.26. The molecule has 0 unspecified atom stereocenters. The number of likely N-dealkylation sites (tertiary alicyclic amines) is 1. The maximum Gasteiger partial charge on any atom is 0.293 e. The summed E-state index contributed by atoms with van der Waals surface area (Å²) in [7, 11) is 0. The monoisotopic (exact) mass is 264 g/mol. The summed E-state index contributed by atoms with van der Waals surface area (Å²) in [6.45, 7) is 9.19. The Bertz CT molecular complexity index is 449. The van der Waals surface area contributed by atoms with Crippen LogP contribution in [0, 0.1) is 5.92 Å². The molecule has 0 aliphatic carbocycles. The van der Waals surface area contributed by atoms with Crippen molar-refractivity contribution in [3.63, 3.8) is 0 Å². The van der Waals surface area contributed by atoms with Crippen LogP contribution in [0.25, 0.3) is 0 Å². The number of aryl methyl sites for hydroxylation is 1. The zero-order chi connectivity index (χ0) is 13.7. The lowest BCUT2D eigenvalue weighted by molar-refractivity contribution is 0.198. The van der Waals surface area contributed by atoms with Gasteiger partial charge in [-0.05, 0) is 45.3 Å². The normalized spacial score (nSPS) is 17.6. The van der Waals surface area contributed by atoms with Gasteiger partial charge < -0.3 is 14.8 Å². The van der Waals surface area contributed by atoms with Crippen LogP contribution < -0.4 is 10.9 Å². The number of aromatic nitrogens is 2. The first-order valence-corrected chi connectivity index (χ1v) is 7.26. The van der Waals surface area contributed by atoms with Crippen LogP contribution in [0.3, 0.4) is 0 Å². The minimum absolute atomic E-state index is 0.0176. The molecule has 1 saturated heterocycles. The Kier molecular flexibility index (Phi) is 4.96. The van der Waals surface area contributed by atoms with Gasteiger partial charge in [0.2, 0.25) is 0 Å². The standard InChI is InChI=1S/C14H24N4O/c1-3-17-8-5-12(6-9-17)11-16-13-14(19)18(4-2)10-7-15-13/h7,10,12H,3-6,8-9,11H2,1-2H3,(H,15,16). The van der Waals surface area contributed by atoms with Crippen LogP contribution in [0.15, 0.2) is 17.2 Å². The fraction of sp³-hybridized carbons (Fsp3) is 0.714. The smallest absolute Gasteiger partial charge is 0.293 e. The van der Waals surface area contributed by atoms with Crippen LogP contribution in [0.5, 0.6) is 0 Å². The van der Waals surface area contributed by atoms with Gasteiger partial charge in [-0.2, -0.15) is 0 Å². The van der Waals surface area contributed by atoms with Crippen molar-refractivity contribution in [3.05, 3.63) is 22.7 Å². The van der Waals surface area contributed by atoms with Crippen LogP contribution in [-0.4, -0.2) is 40.6 Å². The van der Waals surface area contributed by atoms with Crippen LogP contribution in [0.2, 0.25) is 0 Å². The molecule has 19 heavy (non-hydrogen) atoms. The molecule has 0 atom stereocenters. The van der Waals surface area contributed by atoms with E-state index in [1.54, 1.807) is 17.0 Å². The number of nitrogens with zero attached hydrogens (tertiary/aromatic N) is 3. The fourth-order valence-corrected chi connectivity index (χ4v) is 2.57. The molecule has 5 heteroatoms. The topological polar surface area (TPSA) is 50.2 Å². The van der Waals surface area contributed by atoms with Gasteiger partial charge in [-0.15, -0.1) is 0 Å². The van der Waals surface area contributed by atoms with E-state index in [9.17, 15) is 4.79 Å². The minimum atomic E-state index is -0.0176. The highest BCUT2D eigenvalue weighted by molar-refractivity contribution is 5.30. The molecule has 2 rings (SSSR count). The van der Waals surface area contributed by atoms with Gasteiger partial charge in [0.25, 0.3) is 5.56 Å². The summed E-state index contributed by atoms with van der Waals surface area (Å²) in [5, 5.41) is 3.23. The first-order chi connectivity index (χ1) is 9.24. The highest BCUT2D eigenvalue weighted by atomic mass is 16.1. The number of hydrogen-bond donors (Lipinski definition) is 1. The molecule has 1 N–H and O–H groups in total. The Morgan fingerprint density at radius 2 is 2.05 bits per heavy atom. The van der Waals surface area contributed by atoms with Gasteiger partial charge in [0.15, 0.2) is 5.82 Å². The lowest BCUT2D eigenvalue weighted by Crippen LogP contribution is -2.36. The summed E-state index contributed by atoms with van der Waals surface area (Å²) in [6.07, 6.45) is 5.82. The zero-order valence-electron chi connectivity index (χ0n) is 11.9. The molecule has 0 bridgehead atoms. The molecule has 0 aromatic carbocycles. The van der Waals surface area contributed by atoms with Gasteiger partial charge >= 0.3 is 0 Å². The fourth-order valence-electron chi connectivity index (χ4n) is 2.57. The average molecular weight is 264 g/mol. The lowest BCUT2D eigenvalue weighted by atomic mass is 9.97. The molecule has 1 aliphatic rings. The SMILES string of the molecule is CCN1CCC(CNc2nccn(CC)c2=O)CC1. The number of anilines is 1. The van der Waals surface area contributed by atoms with Crippen LogP contribution in [0.1, 0.15) is 26.7 Å². The molecule has 5 nitrogen and oxygen atoms in total. The van der Waals surface area contributed by atoms with Gasteiger partial charge in [0.1, 0.15) is 0 Å². The maximum absolute atomic E-state index is 12.0. The zero-order valence-corrected chi connectivity index (χ0v) is 11.9. The second kappa shape index (κ2) is 6.70. The maximum atomic E-state index is 12.0. The molecular weight excluding hydrogens is 240 g/mol. The third-order valence-electron chi connectivity index (χ3n) is 3.97. The predicted molar refractivity (Wildman–Crippen MR) is 77.5 cm³/mol. The highest BCUT2D eigenvalue weighted by Gasteiger charge is 2.18. The van der Waals surface area contributed by atoms with Crippen molar-refractivity contribution in [3.8, 4) is 0 Å². The predicted octanol–water partition coefficient (Wildman–Crippen LogP) is 1.41. The summed E-state index contributed by atoms with van der Waals surface area (Å²) in [5.74, 6) is 1.14. The van der Waals surface area contributed by atoms with Gasteiger partial charge in [-0.3, -0.25) is 4.79 Å². The number of piperidine rings is 1. The van der Waals surface area contributed by atoms with E-state index in [2.05, 4.69) is 22.1 Å². The van der Waals surface area contributed by atoms with E-state index in [1.807, 2.05) is 6.92 Å². The van der Waals surface area contributed by atoms with Gasteiger partial charge in [0.05, 0.1) is 0 Å². The third-order valence-corrected chi connectivity index (χ3v) is 3.97. The summed E-state index contributed by atoms with van der Waals surface area (Å²) in [4.78, 5) is 18.6. The summed E-state index contributed by atoms with van der Waals surface area (Å²) >= 11 is 0. The number of rotatable bonds is 5. The second-order valence-electron chi connectivity index (χ2n) is 5.13. The quantitative estimate of drug-likeness (QED) is 0.873. The Morgan fingerprint density at radius 1 is 1.32 bits per heavy atom. The van der Waals surface area contributed by atoms with Crippen molar-refractivity contribution in [2.24, 2.45) is 5.92 Å². The van der Waals surface area contributed by atoms with Gasteiger partial charge in [-0.25, -0.2) is 4.98 Å². The Morgan fingerprint density at radius 3 is 2.68 bits per heavy atom. The minimum Gasteiger partial charge on any atom is -0.365 e. The van der Waals surface area contributed by atoms with E-state index < -0.39 is 0 Å². The van der Waals surface area contributed by atoms with Crippen molar-refractivity contribution < 1.29 is 0 Å². The van der Waals surface area contributed by atoms with Crippen LogP contribution in [-0.2, 0) is 6.54 Å². The highest BCUT2D eigenvalue weighted by Crippen LogP contribution is 2.16. The first kappa shape index (κ1) is 14.1. The number of nitrogens with one attached hydrogen (secondary N) is 1. The number of hydrogen-bond acceptors (Lipinski definition) is 4. The molecule has 0 saturated carbocycles. The average Bonchev–Trinajstić information content (AvgIpc) is 2.47. The Labute approximate surface area is 114 Å². The van der Waals surface area contributed by atoms with Crippen molar-refractivity contribution in [1.29, 1.82) is 0 Å². The molecule has 2 heterocycles. The third kappa shape index (κ3) is 3.56. The van der Waals surface area contributed by atoms with E-state index in [0.29, 0.717) is 18.3 Å². The molecule has 1 aromatic heterocycles. The summed E-state index contributed by atoms with van der Waals surface area (Å²) in [5.41, 5.74) is -0.0176. The lowest BCUT2D eigenvalue weighted by Gasteiger charge is -2.31. The molecule has 0 amide bonds. The largest absolute Gasteiger partial charge is 0.365 e. The van der Waals surface area contributed by atoms with E-state index in [4.69, 9.17) is 0 Å². The van der Waals surface area contributed by atoms with E-state index >= 15 is 0 Å². The molecule has 1 aliphatic heterocycles. The van der Waals surface area contributed by atoms with Crippen molar-refractivity contribution in [2.75, 3.05) is 31.5 Å². The molecule has 1 aromatic rings. The Hall–Kier alpha value is -1.36. The van der Waals surface area contributed by atoms with E-state index in [1.165, 1.54) is 25.9 Å². The molecule has 1 fully saturated rings. The summed E-state index contributed by atoms with van der Waals surface area (Å²) < 4.78 is 1.68. The van der Waals surface area contributed by atoms with Crippen molar-refractivity contribution in [1.82, 2.24) is 14.5 Å². The molecule has 0 radical (unpaired) electrons. The molecule has 106 valence electrons. The second-order valence-corrected chi connectivity index (χ2v) is 5.13. The van der Waals surface area contributed by atoms with Gasteiger partial charge in [-0.1, -0.05) is 6.92 Å². The summed E-state index contributed by atoms with van der Waals surface area (Å²) in [6, 6.07) is 0. The van der Waals surface area contributed by atoms with Crippen LogP contribution >= 0.6 is 0 Å². The van der Waals surface area contributed by atoms with Crippen LogP contribution in [0.4, 0.5) is 5.82 Å². The Balaban J connectivity index is 1.88. The molecular formula is C14H24N4O. The molecule has 0 spiro atoms. The van der Waals surface area contributed by atoms with Gasteiger partial charge in [0, 0.05) is 25.5 Å². The van der Waals surface area contributed by atoms with E-state index in [-0.39, 0.29) is 5.56 Å². The van der Waals surface area contributed by atoms with Crippen molar-refractivity contribution in [2.45, 2.75) is 33.2 Å².